The predicted octanol–water partition coefficient (Wildman–Crippen LogP) is 3.65. The summed E-state index contributed by atoms with van der Waals surface area (Å²) in [7, 11) is 0. The van der Waals surface area contributed by atoms with Gasteiger partial charge in [0.2, 0.25) is 0 Å². The molecule has 3 atom stereocenters. The van der Waals surface area contributed by atoms with Gasteiger partial charge in [-0.1, -0.05) is 0 Å². The molecule has 128 valence electrons. The van der Waals surface area contributed by atoms with Crippen LogP contribution in [0.15, 0.2) is 18.2 Å². The Morgan fingerprint density at radius 2 is 2.00 bits per heavy atom. The molecule has 0 saturated carbocycles. The van der Waals surface area contributed by atoms with Crippen LogP contribution in [0.5, 0.6) is 0 Å². The number of amides is 1. The van der Waals surface area contributed by atoms with Crippen LogP contribution in [0.2, 0.25) is 0 Å². The highest BCUT2D eigenvalue weighted by atomic mass is 32.2. The summed E-state index contributed by atoms with van der Waals surface area (Å²) >= 11 is 1.26. The van der Waals surface area contributed by atoms with Gasteiger partial charge in [-0.2, -0.15) is 0 Å². The van der Waals surface area contributed by atoms with Gasteiger partial charge in [-0.05, 0) is 45.4 Å². The molecule has 1 saturated heterocycles. The van der Waals surface area contributed by atoms with E-state index in [1.165, 1.54) is 16.7 Å². The first-order valence-corrected chi connectivity index (χ1v) is 8.43. The normalized spacial score (nSPS) is 25.2. The van der Waals surface area contributed by atoms with Crippen molar-refractivity contribution in [3.8, 4) is 0 Å². The van der Waals surface area contributed by atoms with Crippen molar-refractivity contribution in [2.75, 3.05) is 5.75 Å². The van der Waals surface area contributed by atoms with E-state index in [-0.39, 0.29) is 12.0 Å². The first-order chi connectivity index (χ1) is 10.6. The molecule has 2 rings (SSSR count). The Hall–Kier alpha value is -1.34. The Labute approximate surface area is 138 Å². The van der Waals surface area contributed by atoms with Crippen LogP contribution in [-0.4, -0.2) is 44.6 Å². The molecule has 0 spiro atoms. The van der Waals surface area contributed by atoms with E-state index in [1.54, 1.807) is 20.8 Å². The smallest absolute Gasteiger partial charge is 0.408 e. The van der Waals surface area contributed by atoms with E-state index in [9.17, 15) is 23.8 Å². The Bertz CT molecular complexity index is 591. The summed E-state index contributed by atoms with van der Waals surface area (Å²) in [6, 6.07) is 2.56. The summed E-state index contributed by atoms with van der Waals surface area (Å²) in [5, 5.41) is 19.0. The van der Waals surface area contributed by atoms with Gasteiger partial charge in [0, 0.05) is 16.9 Å². The highest BCUT2D eigenvalue weighted by Gasteiger charge is 2.43. The van der Waals surface area contributed by atoms with Gasteiger partial charge < -0.3 is 10.2 Å². The fraction of sp³-hybridized carbons (Fsp3) is 0.562. The number of aliphatic hydroxyl groups excluding tert-OH is 1. The fourth-order valence-electron chi connectivity index (χ4n) is 2.99. The SMILES string of the molecule is CC(C)(C)N(C(=O)O)[C@H]1CC(O)CS[C@@H]1c1cc(F)ccc1F. The van der Waals surface area contributed by atoms with Crippen LogP contribution in [0.3, 0.4) is 0 Å². The van der Waals surface area contributed by atoms with Crippen LogP contribution in [0, 0.1) is 11.6 Å². The monoisotopic (exact) mass is 345 g/mol. The molecule has 1 aromatic carbocycles. The van der Waals surface area contributed by atoms with E-state index in [4.69, 9.17) is 0 Å². The summed E-state index contributed by atoms with van der Waals surface area (Å²) in [6.07, 6.45) is -1.63. The lowest BCUT2D eigenvalue weighted by Crippen LogP contribution is -2.55. The first kappa shape index (κ1) is 18.0. The molecule has 7 heteroatoms. The minimum absolute atomic E-state index is 0.141. The second-order valence-corrected chi connectivity index (χ2v) is 7.87. The van der Waals surface area contributed by atoms with Crippen LogP contribution in [-0.2, 0) is 0 Å². The number of halogens is 2. The van der Waals surface area contributed by atoms with Crippen molar-refractivity contribution in [2.24, 2.45) is 0 Å². The summed E-state index contributed by atoms with van der Waals surface area (Å²) in [4.78, 5) is 13.0. The number of aliphatic hydroxyl groups is 1. The van der Waals surface area contributed by atoms with Crippen LogP contribution in [0.25, 0.3) is 0 Å². The van der Waals surface area contributed by atoms with Crippen LogP contribution in [0.4, 0.5) is 13.6 Å². The zero-order valence-corrected chi connectivity index (χ0v) is 14.1. The topological polar surface area (TPSA) is 60.8 Å². The van der Waals surface area contributed by atoms with Crippen molar-refractivity contribution in [3.63, 3.8) is 0 Å². The minimum Gasteiger partial charge on any atom is -0.465 e. The molecule has 1 fully saturated rings. The molecule has 23 heavy (non-hydrogen) atoms. The molecule has 1 heterocycles. The molecule has 1 aromatic rings. The van der Waals surface area contributed by atoms with Gasteiger partial charge in [0.25, 0.3) is 0 Å². The maximum Gasteiger partial charge on any atom is 0.408 e. The summed E-state index contributed by atoms with van der Waals surface area (Å²) in [5.74, 6) is -0.775. The fourth-order valence-corrected chi connectivity index (χ4v) is 4.37. The zero-order valence-electron chi connectivity index (χ0n) is 13.3. The molecule has 1 aliphatic rings. The van der Waals surface area contributed by atoms with Crippen molar-refractivity contribution in [2.45, 2.75) is 50.1 Å². The van der Waals surface area contributed by atoms with E-state index >= 15 is 0 Å². The molecule has 1 unspecified atom stereocenters. The van der Waals surface area contributed by atoms with E-state index in [0.717, 1.165) is 18.2 Å². The van der Waals surface area contributed by atoms with Crippen LogP contribution >= 0.6 is 11.8 Å². The van der Waals surface area contributed by atoms with E-state index in [0.29, 0.717) is 5.75 Å². The second-order valence-electron chi connectivity index (χ2n) is 6.70. The summed E-state index contributed by atoms with van der Waals surface area (Å²) in [6.45, 7) is 5.23. The van der Waals surface area contributed by atoms with E-state index in [2.05, 4.69) is 0 Å². The van der Waals surface area contributed by atoms with Crippen LogP contribution in [0.1, 0.15) is 38.0 Å². The standard InChI is InChI=1S/C16H21F2NO3S/c1-16(2,3)19(15(21)22)13-7-10(20)8-23-14(13)11-6-9(17)4-5-12(11)18/h4-6,10,13-14,20H,7-8H2,1-3H3,(H,21,22)/t10?,13-,14+/m0/s1. The van der Waals surface area contributed by atoms with Crippen molar-refractivity contribution in [3.05, 3.63) is 35.4 Å². The number of hydrogen-bond acceptors (Lipinski definition) is 3. The molecule has 0 radical (unpaired) electrons. The number of carboxylic acid groups (broad SMARTS) is 1. The molecule has 0 aromatic heterocycles. The zero-order chi connectivity index (χ0) is 17.4. The Morgan fingerprint density at radius 1 is 1.35 bits per heavy atom. The van der Waals surface area contributed by atoms with Gasteiger partial charge in [0.05, 0.1) is 17.4 Å². The lowest BCUT2D eigenvalue weighted by Gasteiger charge is -2.46. The predicted molar refractivity (Wildman–Crippen MR) is 85.6 cm³/mol. The molecular weight excluding hydrogens is 324 g/mol. The summed E-state index contributed by atoms with van der Waals surface area (Å²) < 4.78 is 27.7. The highest BCUT2D eigenvalue weighted by molar-refractivity contribution is 7.99. The molecular formula is C16H21F2NO3S. The van der Waals surface area contributed by atoms with E-state index in [1.807, 2.05) is 0 Å². The number of thioether (sulfide) groups is 1. The highest BCUT2D eigenvalue weighted by Crippen LogP contribution is 2.44. The average Bonchev–Trinajstić information content (AvgIpc) is 2.40. The number of carbonyl (C=O) groups is 1. The number of hydrogen-bond donors (Lipinski definition) is 2. The Balaban J connectivity index is 2.47. The number of nitrogens with zero attached hydrogens (tertiary/aromatic N) is 1. The maximum atomic E-state index is 14.2. The molecule has 4 nitrogen and oxygen atoms in total. The lowest BCUT2D eigenvalue weighted by atomic mass is 9.93. The van der Waals surface area contributed by atoms with Crippen molar-refractivity contribution in [1.29, 1.82) is 0 Å². The second kappa shape index (κ2) is 6.65. The number of benzene rings is 1. The van der Waals surface area contributed by atoms with E-state index < -0.39 is 40.7 Å². The first-order valence-electron chi connectivity index (χ1n) is 7.38. The van der Waals surface area contributed by atoms with Gasteiger partial charge in [0.15, 0.2) is 0 Å². The van der Waals surface area contributed by atoms with Gasteiger partial charge >= 0.3 is 6.09 Å². The minimum atomic E-state index is -1.14. The van der Waals surface area contributed by atoms with Crippen LogP contribution < -0.4 is 0 Å². The molecule has 2 N–H and O–H groups in total. The maximum absolute atomic E-state index is 14.2. The third kappa shape index (κ3) is 3.95. The van der Waals surface area contributed by atoms with Crippen molar-refractivity contribution in [1.82, 2.24) is 4.90 Å². The van der Waals surface area contributed by atoms with Gasteiger partial charge in [-0.25, -0.2) is 13.6 Å². The van der Waals surface area contributed by atoms with Gasteiger partial charge in [0.1, 0.15) is 11.6 Å². The number of rotatable bonds is 2. The molecule has 1 amide bonds. The molecule has 0 bridgehead atoms. The largest absolute Gasteiger partial charge is 0.465 e. The quantitative estimate of drug-likeness (QED) is 0.859. The van der Waals surface area contributed by atoms with Crippen molar-refractivity contribution < 1.29 is 23.8 Å². The third-order valence-corrected chi connectivity index (χ3v) is 5.36. The Morgan fingerprint density at radius 3 is 2.57 bits per heavy atom. The molecule has 0 aliphatic carbocycles. The van der Waals surface area contributed by atoms with Gasteiger partial charge in [-0.15, -0.1) is 11.8 Å². The van der Waals surface area contributed by atoms with Crippen molar-refractivity contribution >= 4 is 17.9 Å². The van der Waals surface area contributed by atoms with Gasteiger partial charge in [-0.3, -0.25) is 4.90 Å². The lowest BCUT2D eigenvalue weighted by molar-refractivity contribution is 0.0447. The Kier molecular flexibility index (Phi) is 5.20. The molecule has 1 aliphatic heterocycles. The average molecular weight is 345 g/mol. The third-order valence-electron chi connectivity index (χ3n) is 3.86. The summed E-state index contributed by atoms with van der Waals surface area (Å²) in [5.41, 5.74) is -0.585.